The van der Waals surface area contributed by atoms with Crippen LogP contribution in [0.5, 0.6) is 5.75 Å². The number of H-pyrrole nitrogens is 1. The highest BCUT2D eigenvalue weighted by molar-refractivity contribution is 7.88. The SMILES string of the molecule is COc1ccc2c(=O)[nH]c(C3CCN(S(C)(=O)=O)CC3)cc2c1. The van der Waals surface area contributed by atoms with Gasteiger partial charge in [-0.1, -0.05) is 0 Å². The van der Waals surface area contributed by atoms with Crippen molar-refractivity contribution in [1.29, 1.82) is 0 Å². The standard InChI is InChI=1S/C16H20N2O4S/c1-22-13-3-4-14-12(9-13)10-15(17-16(14)19)11-5-7-18(8-6-11)23(2,20)21/h3-4,9-11H,5-8H2,1-2H3,(H,17,19). The molecule has 7 heteroatoms. The molecule has 1 aliphatic heterocycles. The number of ether oxygens (including phenoxy) is 1. The number of sulfonamides is 1. The van der Waals surface area contributed by atoms with Gasteiger partial charge >= 0.3 is 0 Å². The van der Waals surface area contributed by atoms with Crippen molar-refractivity contribution in [3.63, 3.8) is 0 Å². The lowest BCUT2D eigenvalue weighted by Gasteiger charge is -2.30. The maximum atomic E-state index is 12.3. The summed E-state index contributed by atoms with van der Waals surface area (Å²) in [6.45, 7) is 0.976. The molecular weight excluding hydrogens is 316 g/mol. The zero-order valence-electron chi connectivity index (χ0n) is 13.2. The van der Waals surface area contributed by atoms with Crippen molar-refractivity contribution in [1.82, 2.24) is 9.29 Å². The zero-order chi connectivity index (χ0) is 16.6. The lowest BCUT2D eigenvalue weighted by Crippen LogP contribution is -2.37. The molecule has 0 radical (unpaired) electrons. The first-order valence-electron chi connectivity index (χ1n) is 7.54. The summed E-state index contributed by atoms with van der Waals surface area (Å²) < 4.78 is 29.9. The monoisotopic (exact) mass is 336 g/mol. The summed E-state index contributed by atoms with van der Waals surface area (Å²) in [6.07, 6.45) is 2.65. The molecule has 0 saturated carbocycles. The van der Waals surface area contributed by atoms with Gasteiger partial charge in [0, 0.05) is 30.1 Å². The molecule has 0 unspecified atom stereocenters. The van der Waals surface area contributed by atoms with Gasteiger partial charge in [0.2, 0.25) is 10.0 Å². The number of hydrogen-bond donors (Lipinski definition) is 1. The topological polar surface area (TPSA) is 79.5 Å². The molecule has 1 aliphatic rings. The van der Waals surface area contributed by atoms with Crippen molar-refractivity contribution < 1.29 is 13.2 Å². The lowest BCUT2D eigenvalue weighted by atomic mass is 9.93. The van der Waals surface area contributed by atoms with E-state index in [1.54, 1.807) is 19.2 Å². The summed E-state index contributed by atoms with van der Waals surface area (Å²) in [5, 5.41) is 1.47. The molecule has 23 heavy (non-hydrogen) atoms. The Morgan fingerprint density at radius 3 is 2.52 bits per heavy atom. The largest absolute Gasteiger partial charge is 0.497 e. The fourth-order valence-corrected chi connectivity index (χ4v) is 3.99. The Morgan fingerprint density at radius 1 is 1.22 bits per heavy atom. The highest BCUT2D eigenvalue weighted by Crippen LogP contribution is 2.29. The van der Waals surface area contributed by atoms with Crippen LogP contribution in [0.4, 0.5) is 0 Å². The van der Waals surface area contributed by atoms with E-state index in [9.17, 15) is 13.2 Å². The van der Waals surface area contributed by atoms with Crippen LogP contribution in [0.3, 0.4) is 0 Å². The number of aromatic nitrogens is 1. The van der Waals surface area contributed by atoms with E-state index in [1.807, 2.05) is 12.1 Å². The molecule has 0 bridgehead atoms. The Bertz CT molecular complexity index is 881. The van der Waals surface area contributed by atoms with Gasteiger partial charge in [-0.05, 0) is 42.5 Å². The van der Waals surface area contributed by atoms with E-state index < -0.39 is 10.0 Å². The van der Waals surface area contributed by atoms with E-state index in [-0.39, 0.29) is 11.5 Å². The maximum absolute atomic E-state index is 12.3. The fourth-order valence-electron chi connectivity index (χ4n) is 3.11. The third kappa shape index (κ3) is 3.25. The molecule has 1 aromatic heterocycles. The van der Waals surface area contributed by atoms with Gasteiger partial charge in [-0.2, -0.15) is 0 Å². The number of methoxy groups -OCH3 is 1. The van der Waals surface area contributed by atoms with E-state index in [4.69, 9.17) is 4.74 Å². The van der Waals surface area contributed by atoms with Crippen LogP contribution in [0, 0.1) is 0 Å². The second-order valence-electron chi connectivity index (χ2n) is 5.94. The smallest absolute Gasteiger partial charge is 0.256 e. The van der Waals surface area contributed by atoms with Crippen molar-refractivity contribution in [3.8, 4) is 5.75 Å². The molecule has 1 fully saturated rings. The second kappa shape index (κ2) is 5.98. The van der Waals surface area contributed by atoms with Crippen LogP contribution in [0.2, 0.25) is 0 Å². The van der Waals surface area contributed by atoms with Gasteiger partial charge < -0.3 is 9.72 Å². The summed E-state index contributed by atoms with van der Waals surface area (Å²) >= 11 is 0. The van der Waals surface area contributed by atoms with Crippen LogP contribution in [0.15, 0.2) is 29.1 Å². The minimum absolute atomic E-state index is 0.120. The molecule has 0 atom stereocenters. The van der Waals surface area contributed by atoms with Gasteiger partial charge in [0.1, 0.15) is 5.75 Å². The Balaban J connectivity index is 1.90. The van der Waals surface area contributed by atoms with Crippen molar-refractivity contribution in [2.45, 2.75) is 18.8 Å². The van der Waals surface area contributed by atoms with Gasteiger partial charge in [0.15, 0.2) is 0 Å². The third-order valence-electron chi connectivity index (χ3n) is 4.44. The first-order chi connectivity index (χ1) is 10.9. The molecule has 6 nitrogen and oxygen atoms in total. The van der Waals surface area contributed by atoms with Gasteiger partial charge in [0.05, 0.1) is 13.4 Å². The second-order valence-corrected chi connectivity index (χ2v) is 7.93. The highest BCUT2D eigenvalue weighted by atomic mass is 32.2. The first kappa shape index (κ1) is 16.0. The molecule has 3 rings (SSSR count). The fraction of sp³-hybridized carbons (Fsp3) is 0.438. The zero-order valence-corrected chi connectivity index (χ0v) is 14.0. The molecule has 2 heterocycles. The van der Waals surface area contributed by atoms with Crippen LogP contribution in [-0.4, -0.2) is 44.2 Å². The number of piperidine rings is 1. The molecule has 1 saturated heterocycles. The van der Waals surface area contributed by atoms with Crippen molar-refractivity contribution in [2.75, 3.05) is 26.5 Å². The van der Waals surface area contributed by atoms with Crippen LogP contribution < -0.4 is 10.3 Å². The molecule has 1 N–H and O–H groups in total. The molecule has 0 amide bonds. The summed E-state index contributed by atoms with van der Waals surface area (Å²) in [6, 6.07) is 7.34. The summed E-state index contributed by atoms with van der Waals surface area (Å²) in [5.41, 5.74) is 0.745. The summed E-state index contributed by atoms with van der Waals surface area (Å²) in [5.74, 6) is 0.872. The average molecular weight is 336 g/mol. The number of aromatic amines is 1. The van der Waals surface area contributed by atoms with Gasteiger partial charge in [-0.3, -0.25) is 4.79 Å². The highest BCUT2D eigenvalue weighted by Gasteiger charge is 2.26. The molecule has 0 aliphatic carbocycles. The van der Waals surface area contributed by atoms with Gasteiger partial charge in [0.25, 0.3) is 5.56 Å². The number of pyridine rings is 1. The van der Waals surface area contributed by atoms with Crippen LogP contribution in [-0.2, 0) is 10.0 Å². The van der Waals surface area contributed by atoms with E-state index in [0.717, 1.165) is 11.1 Å². The molecule has 124 valence electrons. The third-order valence-corrected chi connectivity index (χ3v) is 5.74. The number of hydrogen-bond acceptors (Lipinski definition) is 4. The molecule has 2 aromatic rings. The summed E-state index contributed by atoms with van der Waals surface area (Å²) in [7, 11) is -1.55. The average Bonchev–Trinajstić information content (AvgIpc) is 2.53. The normalized spacial score (nSPS) is 17.5. The van der Waals surface area contributed by atoms with Crippen molar-refractivity contribution in [2.24, 2.45) is 0 Å². The number of nitrogens with zero attached hydrogens (tertiary/aromatic N) is 1. The van der Waals surface area contributed by atoms with Crippen LogP contribution in [0.1, 0.15) is 24.5 Å². The van der Waals surface area contributed by atoms with Crippen molar-refractivity contribution in [3.05, 3.63) is 40.3 Å². The number of rotatable bonds is 3. The Hall–Kier alpha value is -1.86. The number of benzene rings is 1. The maximum Gasteiger partial charge on any atom is 0.256 e. The number of fused-ring (bicyclic) bond motifs is 1. The Kier molecular flexibility index (Phi) is 4.16. The minimum Gasteiger partial charge on any atom is -0.497 e. The van der Waals surface area contributed by atoms with Crippen LogP contribution >= 0.6 is 0 Å². The Labute approximate surface area is 135 Å². The number of nitrogens with one attached hydrogen (secondary N) is 1. The minimum atomic E-state index is -3.14. The van der Waals surface area contributed by atoms with Gasteiger partial charge in [-0.15, -0.1) is 0 Å². The van der Waals surface area contributed by atoms with Crippen LogP contribution in [0.25, 0.3) is 10.8 Å². The van der Waals surface area contributed by atoms with E-state index >= 15 is 0 Å². The van der Waals surface area contributed by atoms with E-state index in [2.05, 4.69) is 4.98 Å². The van der Waals surface area contributed by atoms with E-state index in [0.29, 0.717) is 37.1 Å². The predicted molar refractivity (Wildman–Crippen MR) is 89.5 cm³/mol. The molecule has 1 aromatic carbocycles. The molecule has 0 spiro atoms. The lowest BCUT2D eigenvalue weighted by molar-refractivity contribution is 0.318. The van der Waals surface area contributed by atoms with E-state index in [1.165, 1.54) is 10.6 Å². The first-order valence-corrected chi connectivity index (χ1v) is 9.39. The summed E-state index contributed by atoms with van der Waals surface area (Å²) in [4.78, 5) is 15.2. The van der Waals surface area contributed by atoms with Crippen molar-refractivity contribution >= 4 is 20.8 Å². The molecular formula is C16H20N2O4S. The van der Waals surface area contributed by atoms with Gasteiger partial charge in [-0.25, -0.2) is 12.7 Å². The quantitative estimate of drug-likeness (QED) is 0.925. The Morgan fingerprint density at radius 2 is 1.91 bits per heavy atom. The predicted octanol–water partition coefficient (Wildman–Crippen LogP) is 1.68.